The number of aromatic hydroxyl groups is 2. The van der Waals surface area contributed by atoms with E-state index in [0.717, 1.165) is 19.9 Å². The summed E-state index contributed by atoms with van der Waals surface area (Å²) in [6.45, 7) is 3.44. The lowest BCUT2D eigenvalue weighted by Crippen LogP contribution is -2.60. The molecule has 2 aromatic heterocycles. The van der Waals surface area contributed by atoms with Gasteiger partial charge in [-0.15, -0.1) is 0 Å². The maximum atomic E-state index is 13.0. The Morgan fingerprint density at radius 3 is 2.05 bits per heavy atom. The molecule has 0 radical (unpaired) electrons. The number of carbonyl (C=O) groups excluding carboxylic acids is 2. The number of hydrogen-bond acceptors (Lipinski definition) is 16. The SMILES string of the molecule is COc1cc2c(=O)oc3c(O[C@@H]4O[C@@H](C)[C@H](O)[C@@H](OOC(C)=O)[C@H]4OOC(C)=O)c(O)cc4c(=O)oc(c1O)c2c34. The molecule has 218 valence electrons. The predicted molar refractivity (Wildman–Crippen MR) is 131 cm³/mol. The van der Waals surface area contributed by atoms with Crippen LogP contribution in [-0.4, -0.2) is 65.1 Å². The van der Waals surface area contributed by atoms with E-state index in [1.165, 1.54) is 20.1 Å². The van der Waals surface area contributed by atoms with Crippen LogP contribution in [0.2, 0.25) is 0 Å². The van der Waals surface area contributed by atoms with Crippen LogP contribution in [0.5, 0.6) is 23.0 Å². The van der Waals surface area contributed by atoms with Crippen molar-refractivity contribution < 1.29 is 67.5 Å². The van der Waals surface area contributed by atoms with E-state index in [9.17, 15) is 34.5 Å². The fraction of sp³-hybridized carbons (Fsp3) is 0.360. The minimum absolute atomic E-state index is 0.0360. The molecule has 0 saturated carbocycles. The first kappa shape index (κ1) is 27.9. The van der Waals surface area contributed by atoms with Crippen LogP contribution in [0, 0.1) is 0 Å². The van der Waals surface area contributed by atoms with Crippen molar-refractivity contribution in [3.05, 3.63) is 33.0 Å². The Hall–Kier alpha value is -4.64. The van der Waals surface area contributed by atoms with E-state index in [4.69, 9.17) is 32.8 Å². The van der Waals surface area contributed by atoms with Gasteiger partial charge in [-0.1, -0.05) is 0 Å². The fourth-order valence-electron chi connectivity index (χ4n) is 4.49. The molecule has 0 unspecified atom stereocenters. The summed E-state index contributed by atoms with van der Waals surface area (Å²) < 4.78 is 27.3. The average Bonchev–Trinajstić information content (AvgIpc) is 2.91. The Kier molecular flexibility index (Phi) is 7.08. The number of benzene rings is 2. The second-order valence-electron chi connectivity index (χ2n) is 9.02. The molecule has 16 nitrogen and oxygen atoms in total. The van der Waals surface area contributed by atoms with Gasteiger partial charge in [0.15, 0.2) is 34.9 Å². The van der Waals surface area contributed by atoms with Crippen LogP contribution in [-0.2, 0) is 33.9 Å². The Morgan fingerprint density at radius 1 is 0.878 bits per heavy atom. The smallest absolute Gasteiger partial charge is 0.344 e. The monoisotopic (exact) mass is 578 g/mol. The number of methoxy groups -OCH3 is 1. The predicted octanol–water partition coefficient (Wildman–Crippen LogP) is 1.12. The molecule has 4 aromatic rings. The molecule has 2 aromatic carbocycles. The number of phenolic OH excluding ortho intramolecular Hbond substituents is 2. The van der Waals surface area contributed by atoms with Gasteiger partial charge in [0.25, 0.3) is 0 Å². The molecule has 0 spiro atoms. The van der Waals surface area contributed by atoms with Crippen LogP contribution in [0.4, 0.5) is 0 Å². The van der Waals surface area contributed by atoms with E-state index in [1.807, 2.05) is 0 Å². The lowest BCUT2D eigenvalue weighted by Gasteiger charge is -2.40. The van der Waals surface area contributed by atoms with Crippen molar-refractivity contribution in [2.24, 2.45) is 0 Å². The minimum Gasteiger partial charge on any atom is -0.504 e. The van der Waals surface area contributed by atoms with E-state index < -0.39 is 76.7 Å². The number of aliphatic hydroxyl groups excluding tert-OH is 1. The van der Waals surface area contributed by atoms with Gasteiger partial charge < -0.3 is 38.4 Å². The molecule has 5 rings (SSSR count). The largest absolute Gasteiger partial charge is 0.504 e. The number of rotatable bonds is 7. The van der Waals surface area contributed by atoms with Crippen molar-refractivity contribution in [1.29, 1.82) is 0 Å². The molecule has 16 heteroatoms. The first-order chi connectivity index (χ1) is 19.4. The summed E-state index contributed by atoms with van der Waals surface area (Å²) in [5.41, 5.74) is -2.82. The summed E-state index contributed by atoms with van der Waals surface area (Å²) in [5.74, 6) is -3.81. The van der Waals surface area contributed by atoms with E-state index in [2.05, 4.69) is 9.78 Å². The topological polar surface area (TPSA) is 220 Å². The lowest BCUT2D eigenvalue weighted by atomic mass is 9.99. The van der Waals surface area contributed by atoms with Crippen molar-refractivity contribution in [3.63, 3.8) is 0 Å². The minimum atomic E-state index is -1.69. The first-order valence-corrected chi connectivity index (χ1v) is 11.9. The lowest BCUT2D eigenvalue weighted by molar-refractivity contribution is -0.418. The maximum Gasteiger partial charge on any atom is 0.344 e. The van der Waals surface area contributed by atoms with Gasteiger partial charge in [-0.2, -0.15) is 9.78 Å². The number of ether oxygens (including phenoxy) is 3. The molecular weight excluding hydrogens is 556 g/mol. The maximum absolute atomic E-state index is 13.0. The number of hydrogen-bond donors (Lipinski definition) is 3. The highest BCUT2D eigenvalue weighted by atomic mass is 17.2. The zero-order valence-electron chi connectivity index (χ0n) is 21.7. The molecule has 41 heavy (non-hydrogen) atoms. The molecule has 3 heterocycles. The van der Waals surface area contributed by atoms with Crippen LogP contribution in [0.1, 0.15) is 20.8 Å². The summed E-state index contributed by atoms with van der Waals surface area (Å²) in [4.78, 5) is 67.9. The van der Waals surface area contributed by atoms with Crippen molar-refractivity contribution in [1.82, 2.24) is 0 Å². The standard InChI is InChI=1S/C25H22O16/c1-7-16(29)21(40-38-8(2)26)22(41-39-9(3)27)25(34-7)37-18-12(28)5-10-15-14-11(24(32)36-20(15)18)6-13(33-4)17(30)19(14)35-23(10)31/h5-7,16,21-22,25,28-30H,1-4H3/t7-,16-,21+,22+,25-/m0/s1. The molecule has 5 atom stereocenters. The normalized spacial score (nSPS) is 22.7. The van der Waals surface area contributed by atoms with Gasteiger partial charge in [-0.3, -0.25) is 9.78 Å². The third-order valence-corrected chi connectivity index (χ3v) is 6.28. The van der Waals surface area contributed by atoms with Crippen LogP contribution < -0.4 is 20.7 Å². The highest BCUT2D eigenvalue weighted by Crippen LogP contribution is 2.46. The van der Waals surface area contributed by atoms with Gasteiger partial charge in [0.05, 0.1) is 24.0 Å². The Labute approximate surface area is 227 Å². The van der Waals surface area contributed by atoms with Gasteiger partial charge in [0, 0.05) is 24.6 Å². The van der Waals surface area contributed by atoms with Crippen LogP contribution in [0.25, 0.3) is 32.7 Å². The van der Waals surface area contributed by atoms with Crippen molar-refractivity contribution >= 4 is 44.6 Å². The molecule has 3 N–H and O–H groups in total. The zero-order chi connectivity index (χ0) is 29.7. The van der Waals surface area contributed by atoms with Crippen LogP contribution >= 0.6 is 0 Å². The average molecular weight is 578 g/mol. The van der Waals surface area contributed by atoms with Gasteiger partial charge in [-0.25, -0.2) is 19.2 Å². The molecule has 0 aliphatic carbocycles. The van der Waals surface area contributed by atoms with Gasteiger partial charge >= 0.3 is 23.2 Å². The molecule has 1 aliphatic rings. The highest BCUT2D eigenvalue weighted by Gasteiger charge is 2.50. The molecule has 0 amide bonds. The molecule has 1 fully saturated rings. The Bertz CT molecular complexity index is 1770. The second-order valence-corrected chi connectivity index (χ2v) is 9.02. The summed E-state index contributed by atoms with van der Waals surface area (Å²) in [7, 11) is 1.23. The van der Waals surface area contributed by atoms with Crippen molar-refractivity contribution in [3.8, 4) is 23.0 Å². The van der Waals surface area contributed by atoms with Gasteiger partial charge in [0.1, 0.15) is 6.10 Å². The van der Waals surface area contributed by atoms with Crippen molar-refractivity contribution in [2.45, 2.75) is 51.5 Å². The molecule has 0 bridgehead atoms. The second kappa shape index (κ2) is 10.4. The molecule has 1 saturated heterocycles. The summed E-state index contributed by atoms with van der Waals surface area (Å²) >= 11 is 0. The Balaban J connectivity index is 1.70. The number of aliphatic hydroxyl groups is 1. The summed E-state index contributed by atoms with van der Waals surface area (Å²) in [5, 5.41) is 31.6. The number of phenols is 2. The summed E-state index contributed by atoms with van der Waals surface area (Å²) in [6, 6.07) is 2.16. The zero-order valence-corrected chi connectivity index (χ0v) is 21.7. The third-order valence-electron chi connectivity index (χ3n) is 6.28. The van der Waals surface area contributed by atoms with Gasteiger partial charge in [-0.05, 0) is 19.1 Å². The molecular formula is C25H22O16. The van der Waals surface area contributed by atoms with E-state index in [-0.39, 0.29) is 32.9 Å². The van der Waals surface area contributed by atoms with Crippen molar-refractivity contribution in [2.75, 3.05) is 7.11 Å². The summed E-state index contributed by atoms with van der Waals surface area (Å²) in [6.07, 6.45) is -7.49. The third kappa shape index (κ3) is 4.71. The highest BCUT2D eigenvalue weighted by molar-refractivity contribution is 6.22. The quantitative estimate of drug-likeness (QED) is 0.121. The first-order valence-electron chi connectivity index (χ1n) is 11.9. The fourth-order valence-corrected chi connectivity index (χ4v) is 4.49. The number of carbonyl (C=O) groups is 2. The van der Waals surface area contributed by atoms with Crippen LogP contribution in [0.3, 0.4) is 0 Å². The Morgan fingerprint density at radius 2 is 1.44 bits per heavy atom. The van der Waals surface area contributed by atoms with Gasteiger partial charge in [0.2, 0.25) is 17.8 Å². The van der Waals surface area contributed by atoms with E-state index in [1.54, 1.807) is 0 Å². The molecule has 1 aliphatic heterocycles. The van der Waals surface area contributed by atoms with E-state index in [0.29, 0.717) is 0 Å². The van der Waals surface area contributed by atoms with E-state index >= 15 is 0 Å². The van der Waals surface area contributed by atoms with Crippen LogP contribution in [0.15, 0.2) is 30.6 Å².